The minimum atomic E-state index is -0.0135. The number of hydrogen-bond acceptors (Lipinski definition) is 6. The Kier molecular flexibility index (Phi) is 5.74. The number of rotatable bonds is 6. The molecule has 0 bridgehead atoms. The molecule has 30 heavy (non-hydrogen) atoms. The largest absolute Gasteiger partial charge is 0.497 e. The Morgan fingerprint density at radius 2 is 1.93 bits per heavy atom. The molecule has 2 aromatic carbocycles. The maximum absolute atomic E-state index is 12.7. The Morgan fingerprint density at radius 3 is 2.70 bits per heavy atom. The van der Waals surface area contributed by atoms with Crippen LogP contribution in [-0.2, 0) is 0 Å². The molecule has 0 unspecified atom stereocenters. The predicted molar refractivity (Wildman–Crippen MR) is 119 cm³/mol. The quantitative estimate of drug-likeness (QED) is 0.309. The van der Waals surface area contributed by atoms with Gasteiger partial charge in [-0.05, 0) is 44.2 Å². The molecule has 0 aliphatic rings. The molecule has 0 fully saturated rings. The zero-order valence-corrected chi connectivity index (χ0v) is 18.3. The molecule has 0 saturated heterocycles. The number of halogens is 1. The highest BCUT2D eigenvalue weighted by Crippen LogP contribution is 2.30. The highest BCUT2D eigenvalue weighted by atomic mass is 35.5. The van der Waals surface area contributed by atoms with Crippen molar-refractivity contribution in [2.24, 2.45) is 0 Å². The Bertz CT molecular complexity index is 1260. The van der Waals surface area contributed by atoms with Gasteiger partial charge < -0.3 is 4.74 Å². The number of nitrogens with zero attached hydrogens (tertiary/aromatic N) is 4. The maximum Gasteiger partial charge on any atom is 0.173 e. The van der Waals surface area contributed by atoms with E-state index in [2.05, 4.69) is 10.2 Å². The van der Waals surface area contributed by atoms with Gasteiger partial charge in [0.05, 0.1) is 29.9 Å². The summed E-state index contributed by atoms with van der Waals surface area (Å²) in [4.78, 5) is 12.7. The van der Waals surface area contributed by atoms with Gasteiger partial charge in [0.1, 0.15) is 16.3 Å². The minimum absolute atomic E-state index is 0.0135. The highest BCUT2D eigenvalue weighted by Gasteiger charge is 2.18. The van der Waals surface area contributed by atoms with Crippen molar-refractivity contribution in [1.29, 1.82) is 0 Å². The van der Waals surface area contributed by atoms with Gasteiger partial charge in [-0.15, -0.1) is 5.10 Å². The second-order valence-corrected chi connectivity index (χ2v) is 8.14. The van der Waals surface area contributed by atoms with Crippen LogP contribution in [0.2, 0.25) is 5.02 Å². The Morgan fingerprint density at radius 1 is 1.13 bits per heavy atom. The van der Waals surface area contributed by atoms with Crippen LogP contribution in [0.3, 0.4) is 0 Å². The van der Waals surface area contributed by atoms with Gasteiger partial charge in [0.15, 0.2) is 5.78 Å². The van der Waals surface area contributed by atoms with Crippen molar-refractivity contribution < 1.29 is 9.53 Å². The first-order valence-corrected chi connectivity index (χ1v) is 10.6. The van der Waals surface area contributed by atoms with E-state index in [0.717, 1.165) is 28.0 Å². The van der Waals surface area contributed by atoms with Crippen LogP contribution in [-0.4, -0.2) is 38.6 Å². The van der Waals surface area contributed by atoms with Crippen LogP contribution >= 0.6 is 23.4 Å². The number of benzene rings is 2. The number of aromatic nitrogens is 4. The lowest BCUT2D eigenvalue weighted by Gasteiger charge is -2.04. The molecule has 4 rings (SSSR count). The van der Waals surface area contributed by atoms with Crippen molar-refractivity contribution in [3.8, 4) is 11.4 Å². The van der Waals surface area contributed by atoms with Gasteiger partial charge in [-0.2, -0.15) is 10.2 Å². The molecule has 2 heterocycles. The van der Waals surface area contributed by atoms with Gasteiger partial charge in [0.2, 0.25) is 0 Å². The molecule has 0 atom stereocenters. The molecule has 0 radical (unpaired) electrons. The fourth-order valence-corrected chi connectivity index (χ4v) is 4.27. The fraction of sp³-hybridized carbons (Fsp3) is 0.182. The van der Waals surface area contributed by atoms with E-state index in [9.17, 15) is 4.79 Å². The molecule has 8 heteroatoms. The third-order valence-corrected chi connectivity index (χ3v) is 5.95. The first kappa shape index (κ1) is 20.4. The molecule has 0 aliphatic carbocycles. The summed E-state index contributed by atoms with van der Waals surface area (Å²) in [7, 11) is 1.58. The maximum atomic E-state index is 12.7. The topological polar surface area (TPSA) is 69.9 Å². The first-order valence-electron chi connectivity index (χ1n) is 9.26. The normalized spacial score (nSPS) is 11.1. The van der Waals surface area contributed by atoms with Gasteiger partial charge in [0.25, 0.3) is 0 Å². The Labute approximate surface area is 183 Å². The van der Waals surface area contributed by atoms with Gasteiger partial charge in [0, 0.05) is 16.0 Å². The number of ether oxygens (including phenoxy) is 1. The average Bonchev–Trinajstić information content (AvgIpc) is 3.11. The second kappa shape index (κ2) is 8.45. The third-order valence-electron chi connectivity index (χ3n) is 4.76. The molecule has 2 aromatic heterocycles. The van der Waals surface area contributed by atoms with Crippen LogP contribution in [0, 0.1) is 13.8 Å². The summed E-state index contributed by atoms with van der Waals surface area (Å²) in [6.07, 6.45) is 0. The van der Waals surface area contributed by atoms with E-state index < -0.39 is 0 Å². The van der Waals surface area contributed by atoms with Gasteiger partial charge >= 0.3 is 0 Å². The van der Waals surface area contributed by atoms with E-state index in [1.165, 1.54) is 11.8 Å². The lowest BCUT2D eigenvalue weighted by atomic mass is 10.1. The number of fused-ring (bicyclic) bond motifs is 1. The lowest BCUT2D eigenvalue weighted by Crippen LogP contribution is -2.03. The van der Waals surface area contributed by atoms with E-state index >= 15 is 0 Å². The SMILES string of the molecule is COc1cccc(C(=O)CSc2nnc(C)c3c(C)n(-c4cccc(Cl)c4)nc23)c1. The van der Waals surface area contributed by atoms with E-state index in [-0.39, 0.29) is 11.5 Å². The molecule has 4 aromatic rings. The zero-order valence-electron chi connectivity index (χ0n) is 16.7. The molecule has 6 nitrogen and oxygen atoms in total. The number of carbonyl (C=O) groups is 1. The summed E-state index contributed by atoms with van der Waals surface area (Å²) in [5.41, 5.74) is 3.92. The predicted octanol–water partition coefficient (Wildman–Crippen LogP) is 5.07. The summed E-state index contributed by atoms with van der Waals surface area (Å²) in [6, 6.07) is 14.6. The van der Waals surface area contributed by atoms with Crippen molar-refractivity contribution in [2.45, 2.75) is 18.9 Å². The number of hydrogen-bond donors (Lipinski definition) is 0. The van der Waals surface area contributed by atoms with Gasteiger partial charge in [-0.3, -0.25) is 4.79 Å². The van der Waals surface area contributed by atoms with Gasteiger partial charge in [-0.1, -0.05) is 41.6 Å². The number of thioether (sulfide) groups is 1. The third kappa shape index (κ3) is 3.91. The van der Waals surface area contributed by atoms with Gasteiger partial charge in [-0.25, -0.2) is 4.68 Å². The van der Waals surface area contributed by atoms with Crippen LogP contribution in [0.4, 0.5) is 0 Å². The van der Waals surface area contributed by atoms with Crippen molar-refractivity contribution in [2.75, 3.05) is 12.9 Å². The van der Waals surface area contributed by atoms with E-state index in [1.54, 1.807) is 25.3 Å². The Hall–Kier alpha value is -2.90. The van der Waals surface area contributed by atoms with Crippen LogP contribution in [0.5, 0.6) is 5.75 Å². The lowest BCUT2D eigenvalue weighted by molar-refractivity contribution is 0.102. The summed E-state index contributed by atoms with van der Waals surface area (Å²) in [5.74, 6) is 0.864. The summed E-state index contributed by atoms with van der Waals surface area (Å²) < 4.78 is 7.04. The number of methoxy groups -OCH3 is 1. The average molecular weight is 439 g/mol. The fourth-order valence-electron chi connectivity index (χ4n) is 3.27. The van der Waals surface area contributed by atoms with Crippen molar-refractivity contribution in [3.05, 3.63) is 70.5 Å². The number of ketones is 1. The van der Waals surface area contributed by atoms with Crippen LogP contribution in [0.25, 0.3) is 16.6 Å². The molecular weight excluding hydrogens is 420 g/mol. The van der Waals surface area contributed by atoms with E-state index in [4.69, 9.17) is 21.4 Å². The standard InChI is InChI=1S/C22H19ClN4O2S/c1-13-20-14(2)27(17-8-5-7-16(23)11-17)26-21(20)22(25-24-13)30-12-19(28)15-6-4-9-18(10-15)29-3/h4-11H,12H2,1-3H3. The number of carbonyl (C=O) groups excluding carboxylic acids is 1. The van der Waals surface area contributed by atoms with Crippen LogP contribution < -0.4 is 4.74 Å². The van der Waals surface area contributed by atoms with E-state index in [0.29, 0.717) is 21.4 Å². The second-order valence-electron chi connectivity index (χ2n) is 6.74. The number of Topliss-reactive ketones (excluding diaryl/α,β-unsaturated/α-hetero) is 1. The van der Waals surface area contributed by atoms with Crippen LogP contribution in [0.1, 0.15) is 21.7 Å². The summed E-state index contributed by atoms with van der Waals surface area (Å²) in [6.45, 7) is 3.89. The molecule has 0 spiro atoms. The van der Waals surface area contributed by atoms with Crippen molar-refractivity contribution in [1.82, 2.24) is 20.0 Å². The minimum Gasteiger partial charge on any atom is -0.497 e. The molecule has 0 N–H and O–H groups in total. The zero-order chi connectivity index (χ0) is 21.3. The molecule has 0 amide bonds. The van der Waals surface area contributed by atoms with Crippen LogP contribution in [0.15, 0.2) is 53.6 Å². The molecule has 0 saturated carbocycles. The van der Waals surface area contributed by atoms with Crippen molar-refractivity contribution in [3.63, 3.8) is 0 Å². The number of aryl methyl sites for hydroxylation is 2. The summed E-state index contributed by atoms with van der Waals surface area (Å²) >= 11 is 7.49. The van der Waals surface area contributed by atoms with E-state index in [1.807, 2.05) is 48.9 Å². The van der Waals surface area contributed by atoms with Crippen molar-refractivity contribution >= 4 is 40.0 Å². The summed E-state index contributed by atoms with van der Waals surface area (Å²) in [5, 5.41) is 15.6. The highest BCUT2D eigenvalue weighted by molar-refractivity contribution is 8.00. The molecule has 0 aliphatic heterocycles. The first-order chi connectivity index (χ1) is 14.5. The monoisotopic (exact) mass is 438 g/mol. The molecular formula is C22H19ClN4O2S. The molecule has 152 valence electrons. The Balaban J connectivity index is 1.67. The smallest absolute Gasteiger partial charge is 0.173 e.